The Balaban J connectivity index is 1.54. The molecule has 5 heteroatoms. The maximum absolute atomic E-state index is 13.8. The summed E-state index contributed by atoms with van der Waals surface area (Å²) in [4.78, 5) is 14.3. The Morgan fingerprint density at radius 3 is 2.54 bits per heavy atom. The van der Waals surface area contributed by atoms with Crippen LogP contribution in [0.25, 0.3) is 0 Å². The van der Waals surface area contributed by atoms with Gasteiger partial charge in [-0.25, -0.2) is 4.39 Å². The topological polar surface area (TPSA) is 49.8 Å². The molecule has 138 valence electrons. The second-order valence-electron chi connectivity index (χ2n) is 6.72. The molecule has 0 bridgehead atoms. The van der Waals surface area contributed by atoms with Gasteiger partial charge in [-0.15, -0.1) is 0 Å². The Labute approximate surface area is 153 Å². The smallest absolute Gasteiger partial charge is 0.226 e. The van der Waals surface area contributed by atoms with Crippen molar-refractivity contribution in [3.05, 3.63) is 65.5 Å². The quantitative estimate of drug-likeness (QED) is 0.893. The second-order valence-corrected chi connectivity index (χ2v) is 6.72. The molecule has 0 aliphatic carbocycles. The highest BCUT2D eigenvalue weighted by Gasteiger charge is 2.28. The molecule has 1 amide bonds. The zero-order valence-electron chi connectivity index (χ0n) is 14.9. The summed E-state index contributed by atoms with van der Waals surface area (Å²) in [6.07, 6.45) is 1.20. The molecule has 0 spiro atoms. The maximum atomic E-state index is 13.8. The highest BCUT2D eigenvalue weighted by molar-refractivity contribution is 5.78. The number of benzene rings is 2. The van der Waals surface area contributed by atoms with Crippen LogP contribution in [0.3, 0.4) is 0 Å². The second kappa shape index (κ2) is 8.32. The zero-order valence-corrected chi connectivity index (χ0v) is 14.9. The van der Waals surface area contributed by atoms with E-state index in [4.69, 9.17) is 4.74 Å². The largest absolute Gasteiger partial charge is 0.494 e. The van der Waals surface area contributed by atoms with Crippen molar-refractivity contribution in [1.82, 2.24) is 4.90 Å². The molecule has 2 aromatic carbocycles. The maximum Gasteiger partial charge on any atom is 0.226 e. The van der Waals surface area contributed by atoms with E-state index in [0.717, 1.165) is 18.4 Å². The number of nitrogens with zero attached hydrogens (tertiary/aromatic N) is 1. The van der Waals surface area contributed by atoms with E-state index in [1.807, 2.05) is 30.3 Å². The van der Waals surface area contributed by atoms with Gasteiger partial charge in [-0.2, -0.15) is 0 Å². The van der Waals surface area contributed by atoms with Crippen molar-refractivity contribution < 1.29 is 19.0 Å². The van der Waals surface area contributed by atoms with Gasteiger partial charge >= 0.3 is 0 Å². The first-order valence-corrected chi connectivity index (χ1v) is 8.91. The van der Waals surface area contributed by atoms with E-state index in [9.17, 15) is 14.3 Å². The number of piperidine rings is 1. The van der Waals surface area contributed by atoms with Crippen LogP contribution in [0.1, 0.15) is 30.1 Å². The number of likely N-dealkylation sites (tertiary alicyclic amines) is 1. The van der Waals surface area contributed by atoms with E-state index in [1.54, 1.807) is 17.0 Å². The van der Waals surface area contributed by atoms with Crippen LogP contribution in [0.4, 0.5) is 4.39 Å². The van der Waals surface area contributed by atoms with E-state index in [2.05, 4.69) is 0 Å². The van der Waals surface area contributed by atoms with Gasteiger partial charge in [0.2, 0.25) is 5.91 Å². The minimum absolute atomic E-state index is 0.0118. The SMILES string of the molecule is COc1ccc(CC(=O)N2CCC([C@H](O)c3ccccc3)CC2)cc1F. The van der Waals surface area contributed by atoms with Gasteiger partial charge in [-0.1, -0.05) is 36.4 Å². The molecular formula is C21H24FNO3. The first kappa shape index (κ1) is 18.4. The summed E-state index contributed by atoms with van der Waals surface area (Å²) in [5, 5.41) is 10.5. The van der Waals surface area contributed by atoms with Gasteiger partial charge < -0.3 is 14.7 Å². The first-order valence-electron chi connectivity index (χ1n) is 8.91. The lowest BCUT2D eigenvalue weighted by Gasteiger charge is -2.34. The highest BCUT2D eigenvalue weighted by atomic mass is 19.1. The Hall–Kier alpha value is -2.40. The van der Waals surface area contributed by atoms with Crippen LogP contribution in [0.15, 0.2) is 48.5 Å². The summed E-state index contributed by atoms with van der Waals surface area (Å²) in [7, 11) is 1.41. The summed E-state index contributed by atoms with van der Waals surface area (Å²) >= 11 is 0. The monoisotopic (exact) mass is 357 g/mol. The van der Waals surface area contributed by atoms with Crippen LogP contribution < -0.4 is 4.74 Å². The number of rotatable bonds is 5. The summed E-state index contributed by atoms with van der Waals surface area (Å²) in [5.74, 6) is -0.137. The van der Waals surface area contributed by atoms with Crippen LogP contribution in [0.2, 0.25) is 0 Å². The predicted octanol–water partition coefficient (Wildman–Crippen LogP) is 3.35. The lowest BCUT2D eigenvalue weighted by Crippen LogP contribution is -2.40. The molecule has 0 aromatic heterocycles. The number of methoxy groups -OCH3 is 1. The average molecular weight is 357 g/mol. The number of aliphatic hydroxyl groups is 1. The van der Waals surface area contributed by atoms with Crippen molar-refractivity contribution >= 4 is 5.91 Å². The van der Waals surface area contributed by atoms with Crippen LogP contribution >= 0.6 is 0 Å². The number of ether oxygens (including phenoxy) is 1. The Kier molecular flexibility index (Phi) is 5.89. The predicted molar refractivity (Wildman–Crippen MR) is 97.4 cm³/mol. The van der Waals surface area contributed by atoms with Crippen molar-refractivity contribution in [1.29, 1.82) is 0 Å². The van der Waals surface area contributed by atoms with E-state index < -0.39 is 11.9 Å². The van der Waals surface area contributed by atoms with Gasteiger partial charge in [-0.3, -0.25) is 4.79 Å². The molecule has 1 N–H and O–H groups in total. The van der Waals surface area contributed by atoms with E-state index in [-0.39, 0.29) is 24.0 Å². The normalized spacial score (nSPS) is 16.3. The molecule has 0 saturated carbocycles. The average Bonchev–Trinajstić information content (AvgIpc) is 2.68. The van der Waals surface area contributed by atoms with Gasteiger partial charge in [0, 0.05) is 13.1 Å². The third-order valence-corrected chi connectivity index (χ3v) is 5.05. The van der Waals surface area contributed by atoms with E-state index in [0.29, 0.717) is 18.7 Å². The summed E-state index contributed by atoms with van der Waals surface area (Å²) in [6, 6.07) is 14.2. The molecule has 26 heavy (non-hydrogen) atoms. The molecule has 1 aliphatic heterocycles. The van der Waals surface area contributed by atoms with Crippen LogP contribution in [0.5, 0.6) is 5.75 Å². The number of halogens is 1. The van der Waals surface area contributed by atoms with Gasteiger partial charge in [-0.05, 0) is 42.0 Å². The molecule has 0 radical (unpaired) electrons. The number of hydrogen-bond donors (Lipinski definition) is 1. The fourth-order valence-corrected chi connectivity index (χ4v) is 3.49. The molecule has 1 heterocycles. The number of aliphatic hydroxyl groups excluding tert-OH is 1. The van der Waals surface area contributed by atoms with Gasteiger partial charge in [0.15, 0.2) is 11.6 Å². The van der Waals surface area contributed by atoms with Crippen molar-refractivity contribution in [2.45, 2.75) is 25.4 Å². The van der Waals surface area contributed by atoms with Crippen molar-refractivity contribution in [2.24, 2.45) is 5.92 Å². The number of carbonyl (C=O) groups excluding carboxylic acids is 1. The Bertz CT molecular complexity index is 742. The minimum Gasteiger partial charge on any atom is -0.494 e. The third-order valence-electron chi connectivity index (χ3n) is 5.05. The molecule has 1 saturated heterocycles. The van der Waals surface area contributed by atoms with Gasteiger partial charge in [0.1, 0.15) is 0 Å². The van der Waals surface area contributed by atoms with Gasteiger partial charge in [0.25, 0.3) is 0 Å². The van der Waals surface area contributed by atoms with Crippen LogP contribution in [0, 0.1) is 11.7 Å². The fraction of sp³-hybridized carbons (Fsp3) is 0.381. The van der Waals surface area contributed by atoms with E-state index in [1.165, 1.54) is 13.2 Å². The molecule has 0 unspecified atom stereocenters. The third kappa shape index (κ3) is 4.22. The highest BCUT2D eigenvalue weighted by Crippen LogP contribution is 2.30. The Morgan fingerprint density at radius 1 is 1.23 bits per heavy atom. The summed E-state index contributed by atoms with van der Waals surface area (Å²) in [5.41, 5.74) is 1.56. The summed E-state index contributed by atoms with van der Waals surface area (Å²) in [6.45, 7) is 1.23. The molecular weight excluding hydrogens is 333 g/mol. The lowest BCUT2D eigenvalue weighted by atomic mass is 9.87. The molecule has 1 atom stereocenters. The number of amides is 1. The molecule has 1 aliphatic rings. The van der Waals surface area contributed by atoms with Crippen molar-refractivity contribution in [3.63, 3.8) is 0 Å². The lowest BCUT2D eigenvalue weighted by molar-refractivity contribution is -0.132. The molecule has 3 rings (SSSR count). The summed E-state index contributed by atoms with van der Waals surface area (Å²) < 4.78 is 18.7. The minimum atomic E-state index is -0.496. The first-order chi connectivity index (χ1) is 12.6. The van der Waals surface area contributed by atoms with E-state index >= 15 is 0 Å². The standard InChI is InChI=1S/C21H24FNO3/c1-26-19-8-7-15(13-18(19)22)14-20(24)23-11-9-17(10-12-23)21(25)16-5-3-2-4-6-16/h2-8,13,17,21,25H,9-12,14H2,1H3/t21-/m1/s1. The number of hydrogen-bond acceptors (Lipinski definition) is 3. The van der Waals surface area contributed by atoms with Crippen LogP contribution in [-0.2, 0) is 11.2 Å². The van der Waals surface area contributed by atoms with Crippen molar-refractivity contribution in [2.75, 3.05) is 20.2 Å². The number of carbonyl (C=O) groups is 1. The van der Waals surface area contributed by atoms with Gasteiger partial charge in [0.05, 0.1) is 19.6 Å². The molecule has 1 fully saturated rings. The molecule has 2 aromatic rings. The Morgan fingerprint density at radius 2 is 1.92 bits per heavy atom. The van der Waals surface area contributed by atoms with Crippen molar-refractivity contribution in [3.8, 4) is 5.75 Å². The zero-order chi connectivity index (χ0) is 18.5. The molecule has 4 nitrogen and oxygen atoms in total. The fourth-order valence-electron chi connectivity index (χ4n) is 3.49. The van der Waals surface area contributed by atoms with Crippen LogP contribution in [-0.4, -0.2) is 36.1 Å².